The van der Waals surface area contributed by atoms with Crippen molar-refractivity contribution >= 4 is 10.8 Å². The van der Waals surface area contributed by atoms with Crippen molar-refractivity contribution in [3.8, 4) is 16.9 Å². The standard InChI is InChI=1S/C21H11F5N2O/c22-14-4-7-16(8-5-14)28-20(29)18-11-15(23)6-9-17(18)19(27-28)12-2-1-3-13(10-12)21(24,25)26/h1-11H. The van der Waals surface area contributed by atoms with Crippen molar-refractivity contribution in [3.63, 3.8) is 0 Å². The molecule has 4 aromatic rings. The van der Waals surface area contributed by atoms with Crippen molar-refractivity contribution in [3.05, 3.63) is 94.3 Å². The third kappa shape index (κ3) is 3.49. The molecule has 0 aliphatic rings. The Morgan fingerprint density at radius 1 is 0.793 bits per heavy atom. The SMILES string of the molecule is O=c1c2cc(F)ccc2c(-c2cccc(C(F)(F)F)c2)nn1-c1ccc(F)cc1. The first-order chi connectivity index (χ1) is 13.7. The van der Waals surface area contributed by atoms with Crippen LogP contribution in [0.5, 0.6) is 0 Å². The largest absolute Gasteiger partial charge is 0.416 e. The highest BCUT2D eigenvalue weighted by molar-refractivity contribution is 5.94. The number of nitrogens with zero attached hydrogens (tertiary/aromatic N) is 2. The van der Waals surface area contributed by atoms with E-state index in [0.717, 1.165) is 41.1 Å². The average Bonchev–Trinajstić information content (AvgIpc) is 2.69. The maximum Gasteiger partial charge on any atom is 0.416 e. The minimum Gasteiger partial charge on any atom is -0.267 e. The van der Waals surface area contributed by atoms with Gasteiger partial charge in [-0.05, 0) is 54.6 Å². The molecule has 3 aromatic carbocycles. The molecule has 4 rings (SSSR count). The number of halogens is 5. The van der Waals surface area contributed by atoms with Gasteiger partial charge in [-0.25, -0.2) is 8.78 Å². The number of alkyl halides is 3. The van der Waals surface area contributed by atoms with E-state index in [0.29, 0.717) is 0 Å². The molecule has 0 unspecified atom stereocenters. The van der Waals surface area contributed by atoms with E-state index in [4.69, 9.17) is 0 Å². The lowest BCUT2D eigenvalue weighted by Gasteiger charge is -2.13. The zero-order chi connectivity index (χ0) is 20.8. The Morgan fingerprint density at radius 2 is 1.48 bits per heavy atom. The number of hydrogen-bond acceptors (Lipinski definition) is 2. The van der Waals surface area contributed by atoms with Crippen LogP contribution in [-0.4, -0.2) is 9.78 Å². The van der Waals surface area contributed by atoms with Gasteiger partial charge in [0.25, 0.3) is 5.56 Å². The van der Waals surface area contributed by atoms with E-state index < -0.39 is 28.9 Å². The molecule has 8 heteroatoms. The Bertz CT molecular complexity index is 1280. The highest BCUT2D eigenvalue weighted by atomic mass is 19.4. The van der Waals surface area contributed by atoms with Crippen LogP contribution in [0, 0.1) is 11.6 Å². The predicted octanol–water partition coefficient (Wildman–Crippen LogP) is 5.35. The Hall–Kier alpha value is -3.55. The van der Waals surface area contributed by atoms with E-state index in [1.54, 1.807) is 0 Å². The van der Waals surface area contributed by atoms with E-state index in [1.165, 1.54) is 30.3 Å². The molecule has 0 aliphatic heterocycles. The molecule has 146 valence electrons. The van der Waals surface area contributed by atoms with E-state index in [2.05, 4.69) is 5.10 Å². The lowest BCUT2D eigenvalue weighted by molar-refractivity contribution is -0.137. The average molecular weight is 402 g/mol. The van der Waals surface area contributed by atoms with Crippen LogP contribution in [0.15, 0.2) is 71.5 Å². The molecular weight excluding hydrogens is 391 g/mol. The van der Waals surface area contributed by atoms with Gasteiger partial charge in [-0.2, -0.15) is 23.0 Å². The third-order valence-electron chi connectivity index (χ3n) is 4.39. The van der Waals surface area contributed by atoms with E-state index >= 15 is 0 Å². The summed E-state index contributed by atoms with van der Waals surface area (Å²) in [6.45, 7) is 0. The van der Waals surface area contributed by atoms with Crippen LogP contribution in [0.1, 0.15) is 5.56 Å². The molecule has 0 amide bonds. The number of hydrogen-bond donors (Lipinski definition) is 0. The van der Waals surface area contributed by atoms with E-state index in [9.17, 15) is 26.7 Å². The molecular formula is C21H11F5N2O. The Labute approximate surface area is 160 Å². The highest BCUT2D eigenvalue weighted by Gasteiger charge is 2.30. The molecule has 0 bridgehead atoms. The summed E-state index contributed by atoms with van der Waals surface area (Å²) in [7, 11) is 0. The Kier molecular flexibility index (Phi) is 4.41. The summed E-state index contributed by atoms with van der Waals surface area (Å²) in [6.07, 6.45) is -4.57. The maximum absolute atomic E-state index is 13.8. The summed E-state index contributed by atoms with van der Waals surface area (Å²) in [6, 6.07) is 12.7. The van der Waals surface area contributed by atoms with Gasteiger partial charge in [0.2, 0.25) is 0 Å². The first-order valence-electron chi connectivity index (χ1n) is 8.40. The first-order valence-corrected chi connectivity index (χ1v) is 8.40. The van der Waals surface area contributed by atoms with Crippen LogP contribution >= 0.6 is 0 Å². The molecule has 0 radical (unpaired) electrons. The van der Waals surface area contributed by atoms with Crippen LogP contribution in [0.3, 0.4) is 0 Å². The third-order valence-corrected chi connectivity index (χ3v) is 4.39. The van der Waals surface area contributed by atoms with Crippen LogP contribution in [-0.2, 0) is 6.18 Å². The van der Waals surface area contributed by atoms with Crippen molar-refractivity contribution in [1.82, 2.24) is 9.78 Å². The van der Waals surface area contributed by atoms with Gasteiger partial charge in [0.15, 0.2) is 0 Å². The summed E-state index contributed by atoms with van der Waals surface area (Å²) in [5, 5.41) is 4.36. The topological polar surface area (TPSA) is 34.9 Å². The van der Waals surface area contributed by atoms with Gasteiger partial charge in [-0.15, -0.1) is 0 Å². The van der Waals surface area contributed by atoms with Crippen molar-refractivity contribution in [2.75, 3.05) is 0 Å². The predicted molar refractivity (Wildman–Crippen MR) is 97.7 cm³/mol. The lowest BCUT2D eigenvalue weighted by Crippen LogP contribution is -2.22. The van der Waals surface area contributed by atoms with E-state index in [1.807, 2.05) is 0 Å². The van der Waals surface area contributed by atoms with Crippen molar-refractivity contribution in [1.29, 1.82) is 0 Å². The fourth-order valence-electron chi connectivity index (χ4n) is 3.03. The van der Waals surface area contributed by atoms with E-state index in [-0.39, 0.29) is 27.7 Å². The molecule has 0 fully saturated rings. The fourth-order valence-corrected chi connectivity index (χ4v) is 3.03. The zero-order valence-corrected chi connectivity index (χ0v) is 14.5. The van der Waals surface area contributed by atoms with Crippen LogP contribution in [0.2, 0.25) is 0 Å². The van der Waals surface area contributed by atoms with Crippen LogP contribution in [0.4, 0.5) is 22.0 Å². The molecule has 0 atom stereocenters. The summed E-state index contributed by atoms with van der Waals surface area (Å²) in [4.78, 5) is 12.8. The summed E-state index contributed by atoms with van der Waals surface area (Å²) >= 11 is 0. The van der Waals surface area contributed by atoms with Gasteiger partial charge in [0.1, 0.15) is 11.6 Å². The van der Waals surface area contributed by atoms with Crippen LogP contribution in [0.25, 0.3) is 27.7 Å². The molecule has 0 N–H and O–H groups in total. The zero-order valence-electron chi connectivity index (χ0n) is 14.5. The normalized spacial score (nSPS) is 11.8. The second-order valence-corrected chi connectivity index (χ2v) is 6.31. The molecule has 0 spiro atoms. The van der Waals surface area contributed by atoms with Crippen molar-refractivity contribution in [2.45, 2.75) is 6.18 Å². The van der Waals surface area contributed by atoms with Gasteiger partial charge in [0.05, 0.1) is 22.3 Å². The number of aromatic nitrogens is 2. The monoisotopic (exact) mass is 402 g/mol. The summed E-state index contributed by atoms with van der Waals surface area (Å²) in [5.74, 6) is -1.21. The Balaban J connectivity index is 2.05. The fraction of sp³-hybridized carbons (Fsp3) is 0.0476. The lowest BCUT2D eigenvalue weighted by atomic mass is 10.0. The van der Waals surface area contributed by atoms with Gasteiger partial charge < -0.3 is 0 Å². The number of rotatable bonds is 2. The van der Waals surface area contributed by atoms with Crippen molar-refractivity contribution in [2.24, 2.45) is 0 Å². The van der Waals surface area contributed by atoms with Gasteiger partial charge >= 0.3 is 6.18 Å². The number of benzene rings is 3. The molecule has 0 saturated heterocycles. The quantitative estimate of drug-likeness (QED) is 0.424. The minimum absolute atomic E-state index is 0.0586. The second-order valence-electron chi connectivity index (χ2n) is 6.31. The van der Waals surface area contributed by atoms with Crippen LogP contribution < -0.4 is 5.56 Å². The Morgan fingerprint density at radius 3 is 2.17 bits per heavy atom. The first kappa shape index (κ1) is 18.8. The van der Waals surface area contributed by atoms with Crippen molar-refractivity contribution < 1.29 is 22.0 Å². The smallest absolute Gasteiger partial charge is 0.267 e. The molecule has 0 saturated carbocycles. The second kappa shape index (κ2) is 6.80. The van der Waals surface area contributed by atoms with Gasteiger partial charge in [-0.3, -0.25) is 4.79 Å². The molecule has 1 heterocycles. The molecule has 0 aliphatic carbocycles. The molecule has 1 aromatic heterocycles. The highest BCUT2D eigenvalue weighted by Crippen LogP contribution is 2.33. The number of fused-ring (bicyclic) bond motifs is 1. The molecule has 3 nitrogen and oxygen atoms in total. The summed E-state index contributed by atoms with van der Waals surface area (Å²) < 4.78 is 67.4. The minimum atomic E-state index is -4.57. The summed E-state index contributed by atoms with van der Waals surface area (Å²) in [5.41, 5.74) is -1.20. The molecule has 29 heavy (non-hydrogen) atoms. The maximum atomic E-state index is 13.8. The van der Waals surface area contributed by atoms with Gasteiger partial charge in [0, 0.05) is 10.9 Å². The van der Waals surface area contributed by atoms with Gasteiger partial charge in [-0.1, -0.05) is 12.1 Å².